The molecule has 4 heteroatoms. The molecule has 2 aromatic rings. The van der Waals surface area contributed by atoms with Gasteiger partial charge in [-0.05, 0) is 58.6 Å². The molecule has 0 N–H and O–H groups in total. The molecule has 2 heterocycles. The first-order valence-electron chi connectivity index (χ1n) is 5.84. The Morgan fingerprint density at radius 1 is 1.33 bits per heavy atom. The van der Waals surface area contributed by atoms with E-state index in [-0.39, 0.29) is 5.82 Å². The number of hydrogen-bond donors (Lipinski definition) is 0. The maximum absolute atomic E-state index is 13.4. The van der Waals surface area contributed by atoms with Gasteiger partial charge in [0.15, 0.2) is 0 Å². The summed E-state index contributed by atoms with van der Waals surface area (Å²) in [4.78, 5) is 6.47. The predicted octanol–water partition coefficient (Wildman–Crippen LogP) is 3.99. The third-order valence-corrected chi connectivity index (χ3v) is 4.24. The lowest BCUT2D eigenvalue weighted by molar-refractivity contribution is 0.628. The van der Waals surface area contributed by atoms with Gasteiger partial charge in [-0.1, -0.05) is 6.07 Å². The molecular weight excluding hydrogens is 295 g/mol. The second kappa shape index (κ2) is 4.35. The molecule has 18 heavy (non-hydrogen) atoms. The number of rotatable bonds is 1. The molecule has 0 spiro atoms. The van der Waals surface area contributed by atoms with Crippen LogP contribution < -0.4 is 4.90 Å². The van der Waals surface area contributed by atoms with Crippen molar-refractivity contribution >= 4 is 27.4 Å². The number of hydrogen-bond acceptors (Lipinski definition) is 2. The van der Waals surface area contributed by atoms with E-state index in [2.05, 4.69) is 25.8 Å². The van der Waals surface area contributed by atoms with Crippen LogP contribution in [-0.4, -0.2) is 11.5 Å². The number of nitrogens with zero attached hydrogens (tertiary/aromatic N) is 2. The van der Waals surface area contributed by atoms with E-state index in [1.807, 2.05) is 19.1 Å². The first-order chi connectivity index (χ1) is 8.66. The topological polar surface area (TPSA) is 16.1 Å². The number of halogens is 2. The molecule has 0 fully saturated rings. The van der Waals surface area contributed by atoms with Crippen LogP contribution in [0.3, 0.4) is 0 Å². The maximum Gasteiger partial charge on any atom is 0.147 e. The van der Waals surface area contributed by atoms with Crippen molar-refractivity contribution in [1.29, 1.82) is 0 Å². The Morgan fingerprint density at radius 2 is 2.17 bits per heavy atom. The highest BCUT2D eigenvalue weighted by molar-refractivity contribution is 9.10. The van der Waals surface area contributed by atoms with Crippen LogP contribution in [0.25, 0.3) is 0 Å². The van der Waals surface area contributed by atoms with E-state index in [4.69, 9.17) is 0 Å². The summed E-state index contributed by atoms with van der Waals surface area (Å²) in [5, 5.41) is 0. The van der Waals surface area contributed by atoms with Crippen molar-refractivity contribution in [2.75, 3.05) is 11.4 Å². The lowest BCUT2D eigenvalue weighted by Gasteiger charge is -2.20. The average Bonchev–Trinajstić information content (AvgIpc) is 2.75. The zero-order valence-electron chi connectivity index (χ0n) is 9.95. The summed E-state index contributed by atoms with van der Waals surface area (Å²) in [7, 11) is 0. The molecule has 0 saturated heterocycles. The standard InChI is InChI=1S/C14H12BrFN2/c1-9-4-6-17-14(13(9)15)18-7-5-10-2-3-11(16)8-12(10)18/h2-4,6,8H,5,7H2,1H3. The summed E-state index contributed by atoms with van der Waals surface area (Å²) >= 11 is 3.56. The first kappa shape index (κ1) is 11.7. The molecule has 0 saturated carbocycles. The van der Waals surface area contributed by atoms with Gasteiger partial charge in [0, 0.05) is 18.4 Å². The Labute approximate surface area is 114 Å². The van der Waals surface area contributed by atoms with Crippen molar-refractivity contribution in [2.45, 2.75) is 13.3 Å². The molecule has 1 aliphatic heterocycles. The number of aryl methyl sites for hydroxylation is 1. The summed E-state index contributed by atoms with van der Waals surface area (Å²) in [5.74, 6) is 0.656. The molecule has 3 rings (SSSR count). The predicted molar refractivity (Wildman–Crippen MR) is 73.8 cm³/mol. The maximum atomic E-state index is 13.4. The van der Waals surface area contributed by atoms with Crippen molar-refractivity contribution in [3.05, 3.63) is 51.9 Å². The molecule has 0 bridgehead atoms. The smallest absolute Gasteiger partial charge is 0.147 e. The zero-order valence-corrected chi connectivity index (χ0v) is 11.5. The van der Waals surface area contributed by atoms with E-state index in [0.717, 1.165) is 34.5 Å². The van der Waals surface area contributed by atoms with Crippen molar-refractivity contribution in [3.8, 4) is 0 Å². The van der Waals surface area contributed by atoms with Crippen LogP contribution >= 0.6 is 15.9 Å². The van der Waals surface area contributed by atoms with Crippen molar-refractivity contribution in [2.24, 2.45) is 0 Å². The van der Waals surface area contributed by atoms with E-state index in [9.17, 15) is 4.39 Å². The molecule has 0 radical (unpaired) electrons. The van der Waals surface area contributed by atoms with Gasteiger partial charge in [-0.25, -0.2) is 9.37 Å². The normalized spacial score (nSPS) is 13.8. The van der Waals surface area contributed by atoms with Crippen LogP contribution in [0.1, 0.15) is 11.1 Å². The van der Waals surface area contributed by atoms with Gasteiger partial charge in [0.2, 0.25) is 0 Å². The van der Waals surface area contributed by atoms with Crippen molar-refractivity contribution in [3.63, 3.8) is 0 Å². The van der Waals surface area contributed by atoms with Gasteiger partial charge in [-0.2, -0.15) is 0 Å². The van der Waals surface area contributed by atoms with E-state index >= 15 is 0 Å². The molecule has 0 amide bonds. The van der Waals surface area contributed by atoms with Crippen LogP contribution in [-0.2, 0) is 6.42 Å². The summed E-state index contributed by atoms with van der Waals surface area (Å²) in [6.07, 6.45) is 2.71. The monoisotopic (exact) mass is 306 g/mol. The molecule has 92 valence electrons. The van der Waals surface area contributed by atoms with Crippen LogP contribution in [0.4, 0.5) is 15.9 Å². The minimum atomic E-state index is -0.204. The lowest BCUT2D eigenvalue weighted by atomic mass is 10.2. The minimum Gasteiger partial charge on any atom is -0.325 e. The van der Waals surface area contributed by atoms with Gasteiger partial charge in [0.05, 0.1) is 4.47 Å². The Morgan fingerprint density at radius 3 is 3.00 bits per heavy atom. The first-order valence-corrected chi connectivity index (χ1v) is 6.63. The molecule has 1 aromatic heterocycles. The van der Waals surface area contributed by atoms with Gasteiger partial charge >= 0.3 is 0 Å². The Kier molecular flexibility index (Phi) is 2.82. The number of pyridine rings is 1. The van der Waals surface area contributed by atoms with E-state index in [1.165, 1.54) is 11.6 Å². The van der Waals surface area contributed by atoms with Gasteiger partial charge in [0.25, 0.3) is 0 Å². The molecule has 1 aliphatic rings. The fraction of sp³-hybridized carbons (Fsp3) is 0.214. The quantitative estimate of drug-likeness (QED) is 0.792. The minimum absolute atomic E-state index is 0.204. The largest absolute Gasteiger partial charge is 0.325 e. The number of aromatic nitrogens is 1. The van der Waals surface area contributed by atoms with Gasteiger partial charge in [-0.15, -0.1) is 0 Å². The third-order valence-electron chi connectivity index (χ3n) is 3.26. The Hall–Kier alpha value is -1.42. The SMILES string of the molecule is Cc1ccnc(N2CCc3ccc(F)cc32)c1Br. The number of anilines is 2. The highest BCUT2D eigenvalue weighted by Gasteiger charge is 2.23. The number of benzene rings is 1. The fourth-order valence-corrected chi connectivity index (χ4v) is 2.74. The number of fused-ring (bicyclic) bond motifs is 1. The van der Waals surface area contributed by atoms with E-state index in [0.29, 0.717) is 0 Å². The van der Waals surface area contributed by atoms with Crippen LogP contribution in [0.5, 0.6) is 0 Å². The molecule has 0 unspecified atom stereocenters. The highest BCUT2D eigenvalue weighted by atomic mass is 79.9. The molecule has 0 aliphatic carbocycles. The summed E-state index contributed by atoms with van der Waals surface area (Å²) in [6.45, 7) is 2.87. The second-order valence-electron chi connectivity index (χ2n) is 4.44. The molecule has 0 atom stereocenters. The zero-order chi connectivity index (χ0) is 12.7. The van der Waals surface area contributed by atoms with Gasteiger partial charge in [0.1, 0.15) is 11.6 Å². The fourth-order valence-electron chi connectivity index (χ4n) is 2.29. The molecule has 2 nitrogen and oxygen atoms in total. The summed E-state index contributed by atoms with van der Waals surface area (Å²) < 4.78 is 14.3. The Bertz CT molecular complexity index is 613. The van der Waals surface area contributed by atoms with E-state index < -0.39 is 0 Å². The second-order valence-corrected chi connectivity index (χ2v) is 5.23. The van der Waals surface area contributed by atoms with Crippen LogP contribution in [0.15, 0.2) is 34.9 Å². The van der Waals surface area contributed by atoms with Crippen molar-refractivity contribution < 1.29 is 4.39 Å². The highest BCUT2D eigenvalue weighted by Crippen LogP contribution is 2.38. The van der Waals surface area contributed by atoms with Gasteiger partial charge in [-0.3, -0.25) is 0 Å². The summed E-state index contributed by atoms with van der Waals surface area (Å²) in [6, 6.07) is 6.91. The lowest BCUT2D eigenvalue weighted by Crippen LogP contribution is -2.15. The third kappa shape index (κ3) is 1.81. The van der Waals surface area contributed by atoms with E-state index in [1.54, 1.807) is 12.3 Å². The van der Waals surface area contributed by atoms with Crippen LogP contribution in [0, 0.1) is 12.7 Å². The summed E-state index contributed by atoms with van der Waals surface area (Å²) in [5.41, 5.74) is 3.23. The van der Waals surface area contributed by atoms with Gasteiger partial charge < -0.3 is 4.90 Å². The van der Waals surface area contributed by atoms with Crippen LogP contribution in [0.2, 0.25) is 0 Å². The molecular formula is C14H12BrFN2. The van der Waals surface area contributed by atoms with Crippen molar-refractivity contribution in [1.82, 2.24) is 4.98 Å². The molecule has 1 aromatic carbocycles. The average molecular weight is 307 g/mol. The Balaban J connectivity index is 2.11.